The van der Waals surface area contributed by atoms with Crippen molar-refractivity contribution in [3.05, 3.63) is 45.2 Å². The minimum atomic E-state index is -2.66. The van der Waals surface area contributed by atoms with E-state index in [2.05, 4.69) is 0 Å². The van der Waals surface area contributed by atoms with Gasteiger partial charge in [-0.3, -0.25) is 19.2 Å². The number of hydrogen-bond acceptors (Lipinski definition) is 8. The van der Waals surface area contributed by atoms with Crippen molar-refractivity contribution in [1.82, 2.24) is 0 Å². The van der Waals surface area contributed by atoms with Gasteiger partial charge in [-0.05, 0) is 54.6 Å². The summed E-state index contributed by atoms with van der Waals surface area (Å²) in [7, 11) is 0. The molecule has 0 radical (unpaired) electrons. The second-order valence-electron chi connectivity index (χ2n) is 15.7. The Labute approximate surface area is 260 Å². The molecule has 4 N–H and O–H groups in total. The van der Waals surface area contributed by atoms with E-state index in [9.17, 15) is 39.6 Å². The highest BCUT2D eigenvalue weighted by atomic mass is 16.3. The smallest absolute Gasteiger partial charge is 0.203 e. The molecule has 0 aliphatic heterocycles. The molecule has 240 valence electrons. The van der Waals surface area contributed by atoms with Gasteiger partial charge in [-0.2, -0.15) is 0 Å². The lowest BCUT2D eigenvalue weighted by Crippen LogP contribution is -2.69. The van der Waals surface area contributed by atoms with Crippen LogP contribution in [-0.2, 0) is 32.0 Å². The van der Waals surface area contributed by atoms with E-state index in [1.807, 2.05) is 40.7 Å². The zero-order chi connectivity index (χ0) is 33.5. The molecule has 0 amide bonds. The minimum Gasteiger partial charge on any atom is -0.508 e. The summed E-state index contributed by atoms with van der Waals surface area (Å²) in [6.45, 7) is 18.1. The topological polar surface area (TPSA) is 149 Å². The van der Waals surface area contributed by atoms with E-state index in [1.165, 1.54) is 0 Å². The summed E-state index contributed by atoms with van der Waals surface area (Å²) in [6, 6.07) is 1.81. The molecule has 4 rings (SSSR count). The van der Waals surface area contributed by atoms with Gasteiger partial charge in [0.15, 0.2) is 17.2 Å². The Balaban J connectivity index is 1.98. The van der Waals surface area contributed by atoms with Crippen LogP contribution in [0.15, 0.2) is 23.0 Å². The van der Waals surface area contributed by atoms with Gasteiger partial charge in [0.1, 0.15) is 28.6 Å². The van der Waals surface area contributed by atoms with Crippen molar-refractivity contribution in [2.24, 2.45) is 28.1 Å². The number of aliphatic hydroxyl groups excluding tert-OH is 2. The molecule has 0 spiro atoms. The monoisotopic (exact) mass is 608 g/mol. The van der Waals surface area contributed by atoms with E-state index in [0.29, 0.717) is 24.0 Å². The number of carbonyl (C=O) groups excluding carboxylic acids is 4. The van der Waals surface area contributed by atoms with Crippen LogP contribution in [0.4, 0.5) is 0 Å². The van der Waals surface area contributed by atoms with Gasteiger partial charge in [-0.1, -0.05) is 68.4 Å². The lowest BCUT2D eigenvalue weighted by molar-refractivity contribution is -0.178. The summed E-state index contributed by atoms with van der Waals surface area (Å²) < 4.78 is 0. The van der Waals surface area contributed by atoms with Crippen molar-refractivity contribution in [1.29, 1.82) is 0 Å². The van der Waals surface area contributed by atoms with Crippen LogP contribution in [0.2, 0.25) is 0 Å². The largest absolute Gasteiger partial charge is 0.508 e. The molecule has 1 saturated carbocycles. The molecule has 3 aliphatic carbocycles. The van der Waals surface area contributed by atoms with Gasteiger partial charge in [-0.25, -0.2) is 0 Å². The molecule has 3 aliphatic rings. The van der Waals surface area contributed by atoms with Gasteiger partial charge in [0, 0.05) is 40.7 Å². The maximum Gasteiger partial charge on any atom is 0.203 e. The van der Waals surface area contributed by atoms with Crippen molar-refractivity contribution in [3.8, 4) is 5.75 Å². The maximum atomic E-state index is 14.6. The molecule has 8 heteroatoms. The Hall–Kier alpha value is -3.26. The second kappa shape index (κ2) is 10.7. The van der Waals surface area contributed by atoms with Crippen LogP contribution in [0.3, 0.4) is 0 Å². The Morgan fingerprint density at radius 1 is 1.05 bits per heavy atom. The average Bonchev–Trinajstić information content (AvgIpc) is 2.85. The van der Waals surface area contributed by atoms with Crippen LogP contribution in [-0.4, -0.2) is 49.2 Å². The lowest BCUT2D eigenvalue weighted by Gasteiger charge is -2.60. The first-order valence-electron chi connectivity index (χ1n) is 15.6. The highest BCUT2D eigenvalue weighted by Gasteiger charge is 2.72. The van der Waals surface area contributed by atoms with Crippen molar-refractivity contribution < 1.29 is 39.6 Å². The highest BCUT2D eigenvalue weighted by Crippen LogP contribution is 2.65. The number of hydrogen-bond donors (Lipinski definition) is 4. The molecule has 1 unspecified atom stereocenters. The minimum absolute atomic E-state index is 0.0379. The number of phenolic OH excluding ortho intramolecular Hbond substituents is 1. The van der Waals surface area contributed by atoms with Crippen LogP contribution >= 0.6 is 0 Å². The maximum absolute atomic E-state index is 14.6. The molecule has 0 bridgehead atoms. The number of allylic oxidation sites excluding steroid dienone is 1. The molecule has 44 heavy (non-hydrogen) atoms. The standard InChI is InChI=1S/C36H48O8/c1-17(2)22-14-20(13-21(38)11-12-33(6,7)8)28(39)25-23(22)15-34(9)16-35(10)26(18(3)4)29(40)24(19(5)37)31(42)36(35,44)32(43)27(34)30(25)41/h14,17-18,26,39,41-42,44H,11-13,15-16H2,1-10H3/t26?,34-,35-,36+/m1/s1. The number of carbonyl (C=O) groups is 4. The van der Waals surface area contributed by atoms with Gasteiger partial charge in [0.05, 0.1) is 5.56 Å². The number of Topliss-reactive ketones (excluding diaryl/α,β-unsaturated/α-hetero) is 4. The fraction of sp³-hybridized carbons (Fsp3) is 0.611. The van der Waals surface area contributed by atoms with E-state index in [1.54, 1.807) is 27.7 Å². The van der Waals surface area contributed by atoms with E-state index in [0.717, 1.165) is 12.5 Å². The molecule has 1 fully saturated rings. The Kier molecular flexibility index (Phi) is 8.16. The predicted molar refractivity (Wildman–Crippen MR) is 167 cm³/mol. The van der Waals surface area contributed by atoms with Crippen LogP contribution < -0.4 is 0 Å². The average molecular weight is 609 g/mol. The summed E-state index contributed by atoms with van der Waals surface area (Å²) in [5, 5.41) is 47.1. The van der Waals surface area contributed by atoms with Crippen molar-refractivity contribution in [3.63, 3.8) is 0 Å². The van der Waals surface area contributed by atoms with Gasteiger partial charge in [-0.15, -0.1) is 0 Å². The molecule has 8 nitrogen and oxygen atoms in total. The van der Waals surface area contributed by atoms with Crippen LogP contribution in [0, 0.1) is 28.1 Å². The van der Waals surface area contributed by atoms with Crippen LogP contribution in [0.25, 0.3) is 5.76 Å². The quantitative estimate of drug-likeness (QED) is 0.265. The highest BCUT2D eigenvalue weighted by molar-refractivity contribution is 6.24. The summed E-state index contributed by atoms with van der Waals surface area (Å²) in [4.78, 5) is 53.8. The summed E-state index contributed by atoms with van der Waals surface area (Å²) in [5.74, 6) is -5.64. The number of fused-ring (bicyclic) bond motifs is 3. The van der Waals surface area contributed by atoms with E-state index in [4.69, 9.17) is 0 Å². The number of aliphatic hydroxyl groups is 3. The zero-order valence-electron chi connectivity index (χ0n) is 27.8. The van der Waals surface area contributed by atoms with E-state index < -0.39 is 56.8 Å². The Morgan fingerprint density at radius 3 is 2.14 bits per heavy atom. The summed E-state index contributed by atoms with van der Waals surface area (Å²) >= 11 is 0. The first-order valence-corrected chi connectivity index (χ1v) is 15.6. The number of benzene rings is 1. The van der Waals surface area contributed by atoms with Gasteiger partial charge >= 0.3 is 0 Å². The number of phenols is 1. The lowest BCUT2D eigenvalue weighted by atomic mass is 9.43. The van der Waals surface area contributed by atoms with Gasteiger partial charge in [0.25, 0.3) is 0 Å². The molecule has 1 aromatic rings. The number of ketones is 4. The molecule has 4 atom stereocenters. The van der Waals surface area contributed by atoms with Crippen molar-refractivity contribution >= 4 is 28.9 Å². The fourth-order valence-corrected chi connectivity index (χ4v) is 8.34. The third kappa shape index (κ3) is 4.84. The third-order valence-electron chi connectivity index (χ3n) is 10.3. The molecular formula is C36H48O8. The van der Waals surface area contributed by atoms with Crippen LogP contribution in [0.1, 0.15) is 117 Å². The number of aromatic hydroxyl groups is 1. The summed E-state index contributed by atoms with van der Waals surface area (Å²) in [6.07, 6.45) is 1.20. The van der Waals surface area contributed by atoms with E-state index >= 15 is 0 Å². The normalized spacial score (nSPS) is 28.8. The Bertz CT molecular complexity index is 1530. The molecule has 0 saturated heterocycles. The second-order valence-corrected chi connectivity index (χ2v) is 15.7. The van der Waals surface area contributed by atoms with Crippen molar-refractivity contribution in [2.45, 2.75) is 113 Å². The Morgan fingerprint density at radius 2 is 1.64 bits per heavy atom. The molecule has 0 heterocycles. The SMILES string of the molecule is CC(=O)C1=C(O)[C@]2(O)C(=O)C3=C(O)c4c(O)c(CC(=O)CCC(C)(C)C)cc(C(C)C)c4C[C@]3(C)C[C@]2(C)C(C(C)C)C1=O. The van der Waals surface area contributed by atoms with Crippen LogP contribution in [0.5, 0.6) is 5.75 Å². The first kappa shape index (κ1) is 33.6. The predicted octanol–water partition coefficient (Wildman–Crippen LogP) is 6.25. The fourth-order valence-electron chi connectivity index (χ4n) is 8.34. The first-order chi connectivity index (χ1) is 20.0. The number of rotatable bonds is 7. The van der Waals surface area contributed by atoms with Gasteiger partial charge < -0.3 is 20.4 Å². The molecular weight excluding hydrogens is 560 g/mol. The summed E-state index contributed by atoms with van der Waals surface area (Å²) in [5.41, 5.74) is -4.21. The molecule has 1 aromatic carbocycles. The van der Waals surface area contributed by atoms with E-state index in [-0.39, 0.29) is 59.2 Å². The van der Waals surface area contributed by atoms with Gasteiger partial charge in [0.2, 0.25) is 5.78 Å². The zero-order valence-corrected chi connectivity index (χ0v) is 27.8. The third-order valence-corrected chi connectivity index (χ3v) is 10.3. The van der Waals surface area contributed by atoms with Crippen molar-refractivity contribution in [2.75, 3.05) is 0 Å². The molecule has 0 aromatic heterocycles.